The lowest BCUT2D eigenvalue weighted by Crippen LogP contribution is -2.42. The molecule has 0 aliphatic carbocycles. The van der Waals surface area contributed by atoms with E-state index in [9.17, 15) is 14.4 Å². The van der Waals surface area contributed by atoms with Crippen LogP contribution in [0.3, 0.4) is 0 Å². The van der Waals surface area contributed by atoms with Crippen LogP contribution in [0.4, 0.5) is 0 Å². The number of hydrogen-bond acceptors (Lipinski definition) is 6. The summed E-state index contributed by atoms with van der Waals surface area (Å²) in [7, 11) is 2.75. The van der Waals surface area contributed by atoms with Crippen molar-refractivity contribution in [2.24, 2.45) is 5.92 Å². The number of likely N-dealkylation sites (tertiary alicyclic amines) is 1. The molecule has 0 aromatic heterocycles. The van der Waals surface area contributed by atoms with Crippen LogP contribution in [0.2, 0.25) is 10.0 Å². The van der Waals surface area contributed by atoms with Gasteiger partial charge in [0.2, 0.25) is 0 Å². The quantitative estimate of drug-likeness (QED) is 0.702. The molecule has 1 saturated heterocycles. The molecule has 0 atom stereocenters. The average Bonchev–Trinajstić information content (AvgIpc) is 2.65. The van der Waals surface area contributed by atoms with Crippen LogP contribution in [0.25, 0.3) is 0 Å². The first-order chi connectivity index (χ1) is 12.4. The van der Waals surface area contributed by atoms with Gasteiger partial charge in [0.05, 0.1) is 35.7 Å². The highest BCUT2D eigenvalue weighted by Gasteiger charge is 2.28. The van der Waals surface area contributed by atoms with E-state index in [2.05, 4.69) is 0 Å². The summed E-state index contributed by atoms with van der Waals surface area (Å²) in [6.07, 6.45) is 1.05. The highest BCUT2D eigenvalue weighted by molar-refractivity contribution is 6.37. The Morgan fingerprint density at radius 1 is 1.12 bits per heavy atom. The first kappa shape index (κ1) is 20.3. The number of ether oxygens (including phenoxy) is 3. The Kier molecular flexibility index (Phi) is 7.11. The zero-order valence-corrected chi connectivity index (χ0v) is 15.9. The van der Waals surface area contributed by atoms with Crippen LogP contribution in [0.1, 0.15) is 23.2 Å². The van der Waals surface area contributed by atoms with Gasteiger partial charge < -0.3 is 19.1 Å². The number of amides is 1. The fourth-order valence-corrected chi connectivity index (χ4v) is 3.35. The zero-order chi connectivity index (χ0) is 19.3. The maximum absolute atomic E-state index is 12.2. The minimum Gasteiger partial charge on any atom is -0.494 e. The van der Waals surface area contributed by atoms with E-state index in [4.69, 9.17) is 37.4 Å². The van der Waals surface area contributed by atoms with Crippen molar-refractivity contribution in [3.8, 4) is 5.75 Å². The summed E-state index contributed by atoms with van der Waals surface area (Å²) in [5, 5.41) is 0.339. The van der Waals surface area contributed by atoms with Crippen molar-refractivity contribution in [1.29, 1.82) is 0 Å². The van der Waals surface area contributed by atoms with Gasteiger partial charge in [-0.1, -0.05) is 23.2 Å². The van der Waals surface area contributed by atoms with Gasteiger partial charge in [-0.2, -0.15) is 0 Å². The summed E-state index contributed by atoms with van der Waals surface area (Å²) >= 11 is 12.0. The second-order valence-corrected chi connectivity index (χ2v) is 6.54. The molecular formula is C17H19Cl2NO6. The van der Waals surface area contributed by atoms with Gasteiger partial charge in [-0.25, -0.2) is 4.79 Å². The molecule has 0 unspecified atom stereocenters. The molecule has 9 heteroatoms. The maximum Gasteiger partial charge on any atom is 0.338 e. The fraction of sp³-hybridized carbons (Fsp3) is 0.471. The predicted molar refractivity (Wildman–Crippen MR) is 94.6 cm³/mol. The third-order valence-electron chi connectivity index (χ3n) is 4.15. The van der Waals surface area contributed by atoms with E-state index >= 15 is 0 Å². The Morgan fingerprint density at radius 3 is 2.19 bits per heavy atom. The predicted octanol–water partition coefficient (Wildman–Crippen LogP) is 2.57. The van der Waals surface area contributed by atoms with Crippen LogP contribution in [0, 0.1) is 5.92 Å². The smallest absolute Gasteiger partial charge is 0.338 e. The van der Waals surface area contributed by atoms with Crippen molar-refractivity contribution in [2.45, 2.75) is 12.8 Å². The monoisotopic (exact) mass is 403 g/mol. The summed E-state index contributed by atoms with van der Waals surface area (Å²) in [6.45, 7) is 0.426. The molecule has 0 N–H and O–H groups in total. The Hall–Kier alpha value is -1.99. The highest BCUT2D eigenvalue weighted by Crippen LogP contribution is 2.34. The number of hydrogen-bond donors (Lipinski definition) is 0. The molecule has 142 valence electrons. The van der Waals surface area contributed by atoms with Gasteiger partial charge in [0.1, 0.15) is 0 Å². The van der Waals surface area contributed by atoms with E-state index in [0.29, 0.717) is 25.9 Å². The molecule has 1 fully saturated rings. The Morgan fingerprint density at radius 2 is 1.69 bits per heavy atom. The third-order valence-corrected chi connectivity index (χ3v) is 4.71. The topological polar surface area (TPSA) is 82.1 Å². The van der Waals surface area contributed by atoms with Gasteiger partial charge in [0.15, 0.2) is 12.4 Å². The molecule has 2 rings (SSSR count). The molecule has 1 amide bonds. The molecule has 7 nitrogen and oxygen atoms in total. The normalized spacial score (nSPS) is 14.7. The van der Waals surface area contributed by atoms with Gasteiger partial charge in [0, 0.05) is 13.1 Å². The van der Waals surface area contributed by atoms with Crippen LogP contribution in [0.15, 0.2) is 12.1 Å². The van der Waals surface area contributed by atoms with Crippen molar-refractivity contribution < 1.29 is 28.6 Å². The number of methoxy groups -OCH3 is 2. The molecule has 0 bridgehead atoms. The van der Waals surface area contributed by atoms with E-state index in [1.165, 1.54) is 26.4 Å². The number of carbonyl (C=O) groups is 3. The molecule has 0 saturated carbocycles. The highest BCUT2D eigenvalue weighted by atomic mass is 35.5. The molecule has 1 heterocycles. The largest absolute Gasteiger partial charge is 0.494 e. The molecule has 0 spiro atoms. The van der Waals surface area contributed by atoms with E-state index in [1.807, 2.05) is 0 Å². The van der Waals surface area contributed by atoms with Crippen molar-refractivity contribution in [3.05, 3.63) is 27.7 Å². The molecule has 1 aromatic rings. The van der Waals surface area contributed by atoms with Crippen LogP contribution in [0.5, 0.6) is 5.75 Å². The molecule has 1 aliphatic rings. The lowest BCUT2D eigenvalue weighted by Gasteiger charge is -2.30. The van der Waals surface area contributed by atoms with E-state index in [0.717, 1.165) is 0 Å². The van der Waals surface area contributed by atoms with Gasteiger partial charge in [-0.3, -0.25) is 9.59 Å². The number of rotatable bonds is 5. The second-order valence-electron chi connectivity index (χ2n) is 5.73. The molecule has 0 radical (unpaired) electrons. The van der Waals surface area contributed by atoms with Crippen molar-refractivity contribution >= 4 is 41.0 Å². The number of benzene rings is 1. The van der Waals surface area contributed by atoms with Gasteiger partial charge in [0.25, 0.3) is 5.91 Å². The number of piperidine rings is 1. The number of carbonyl (C=O) groups excluding carboxylic acids is 3. The summed E-state index contributed by atoms with van der Waals surface area (Å²) in [5.74, 6) is -1.25. The fourth-order valence-electron chi connectivity index (χ4n) is 2.71. The maximum atomic E-state index is 12.2. The number of esters is 2. The number of nitrogens with zero attached hydrogens (tertiary/aromatic N) is 1. The first-order valence-corrected chi connectivity index (χ1v) is 8.68. The van der Waals surface area contributed by atoms with Crippen LogP contribution < -0.4 is 4.74 Å². The second kappa shape index (κ2) is 9.09. The Balaban J connectivity index is 1.88. The van der Waals surface area contributed by atoms with Crippen molar-refractivity contribution in [1.82, 2.24) is 4.90 Å². The van der Waals surface area contributed by atoms with E-state index in [1.54, 1.807) is 4.90 Å². The van der Waals surface area contributed by atoms with Crippen LogP contribution in [-0.4, -0.2) is 56.7 Å². The van der Waals surface area contributed by atoms with Crippen molar-refractivity contribution in [3.63, 3.8) is 0 Å². The Labute approximate surface area is 161 Å². The zero-order valence-electron chi connectivity index (χ0n) is 14.4. The standard InChI is InChI=1S/C17H19Cl2NO6/c1-24-15-12(18)7-11(8-13(15)19)17(23)26-9-14(21)20-5-3-10(4-6-20)16(22)25-2/h7-8,10H,3-6,9H2,1-2H3. The summed E-state index contributed by atoms with van der Waals surface area (Å²) in [4.78, 5) is 37.3. The van der Waals surface area contributed by atoms with Crippen LogP contribution >= 0.6 is 23.2 Å². The van der Waals surface area contributed by atoms with Gasteiger partial charge in [-0.15, -0.1) is 0 Å². The molecule has 1 aliphatic heterocycles. The SMILES string of the molecule is COC(=O)C1CCN(C(=O)COC(=O)c2cc(Cl)c(OC)c(Cl)c2)CC1. The van der Waals surface area contributed by atoms with Gasteiger partial charge in [-0.05, 0) is 25.0 Å². The minimum atomic E-state index is -0.714. The van der Waals surface area contributed by atoms with Gasteiger partial charge >= 0.3 is 11.9 Å². The van der Waals surface area contributed by atoms with E-state index < -0.39 is 12.6 Å². The molecule has 1 aromatic carbocycles. The Bertz CT molecular complexity index is 677. The third kappa shape index (κ3) is 4.80. The summed E-state index contributed by atoms with van der Waals surface area (Å²) < 4.78 is 14.8. The average molecular weight is 404 g/mol. The van der Waals surface area contributed by atoms with Crippen molar-refractivity contribution in [2.75, 3.05) is 33.9 Å². The molecular weight excluding hydrogens is 385 g/mol. The first-order valence-electron chi connectivity index (χ1n) is 7.93. The summed E-state index contributed by atoms with van der Waals surface area (Å²) in [5.41, 5.74) is 0.123. The summed E-state index contributed by atoms with van der Waals surface area (Å²) in [6, 6.07) is 2.72. The minimum absolute atomic E-state index is 0.123. The lowest BCUT2D eigenvalue weighted by molar-refractivity contribution is -0.149. The van der Waals surface area contributed by atoms with Crippen LogP contribution in [-0.2, 0) is 19.1 Å². The lowest BCUT2D eigenvalue weighted by atomic mass is 9.97. The van der Waals surface area contributed by atoms with E-state index in [-0.39, 0.29) is 39.2 Å². The molecule has 26 heavy (non-hydrogen) atoms. The number of halogens is 2.